The molecule has 2 N–H and O–H groups in total. The molecule has 0 aromatic carbocycles. The van der Waals surface area contributed by atoms with Crippen LogP contribution in [0.3, 0.4) is 0 Å². The topological polar surface area (TPSA) is 61.0 Å². The van der Waals surface area contributed by atoms with Crippen LogP contribution >= 0.6 is 0 Å². The Hall–Kier alpha value is -2.12. The number of nitrogen functional groups attached to an aromatic ring is 1. The Morgan fingerprint density at radius 2 is 2.00 bits per heavy atom. The van der Waals surface area contributed by atoms with Crippen LogP contribution in [-0.2, 0) is 0 Å². The lowest BCUT2D eigenvalue weighted by molar-refractivity contribution is -0.148. The Morgan fingerprint density at radius 1 is 1.26 bits per heavy atom. The fraction of sp³-hybridized carbons (Fsp3) is 0.273. The van der Waals surface area contributed by atoms with Crippen molar-refractivity contribution in [3.8, 4) is 5.88 Å². The molecule has 0 amide bonds. The van der Waals surface area contributed by atoms with Crippen molar-refractivity contribution < 1.29 is 22.3 Å². The molecule has 0 radical (unpaired) electrons. The molecule has 0 saturated heterocycles. The molecule has 2 rings (SSSR count). The van der Waals surface area contributed by atoms with Gasteiger partial charge in [-0.15, -0.1) is 0 Å². The van der Waals surface area contributed by atoms with Gasteiger partial charge in [-0.05, 0) is 12.1 Å². The maximum Gasteiger partial charge on any atom is 0.340 e. The van der Waals surface area contributed by atoms with Gasteiger partial charge in [0, 0.05) is 17.6 Å². The monoisotopic (exact) mass is 275 g/mol. The molecule has 2 aromatic heterocycles. The summed E-state index contributed by atoms with van der Waals surface area (Å²) in [5.74, 6) is -4.34. The van der Waals surface area contributed by atoms with E-state index in [0.717, 1.165) is 0 Å². The molecule has 0 aliphatic rings. The number of nitrogens with two attached hydrogens (primary N) is 1. The molecule has 19 heavy (non-hydrogen) atoms. The summed E-state index contributed by atoms with van der Waals surface area (Å²) in [4.78, 5) is 7.63. The van der Waals surface area contributed by atoms with Crippen molar-refractivity contribution in [3.63, 3.8) is 0 Å². The number of hydrogen-bond acceptors (Lipinski definition) is 4. The summed E-state index contributed by atoms with van der Waals surface area (Å²) < 4.78 is 53.8. The number of ether oxygens (including phenoxy) is 1. The van der Waals surface area contributed by atoms with Crippen LogP contribution < -0.4 is 10.5 Å². The van der Waals surface area contributed by atoms with Crippen molar-refractivity contribution in [2.45, 2.75) is 12.3 Å². The summed E-state index contributed by atoms with van der Waals surface area (Å²) in [6.07, 6.45) is -2.33. The number of pyridine rings is 2. The lowest BCUT2D eigenvalue weighted by Gasteiger charge is -2.15. The van der Waals surface area contributed by atoms with E-state index >= 15 is 0 Å². The lowest BCUT2D eigenvalue weighted by Crippen LogP contribution is -2.33. The standard InChI is InChI=1S/C11H9F4N3O/c12-10(13)11(14,15)5-19-7-2-1-6-3-4-17-9(16)8(6)18-7/h1-4,10H,5H2,(H2,16,17). The lowest BCUT2D eigenvalue weighted by atomic mass is 10.2. The molecule has 0 aliphatic heterocycles. The van der Waals surface area contributed by atoms with Crippen molar-refractivity contribution in [1.29, 1.82) is 0 Å². The molecular formula is C11H9F4N3O. The summed E-state index contributed by atoms with van der Waals surface area (Å²) in [5, 5.41) is 0.639. The quantitative estimate of drug-likeness (QED) is 0.871. The predicted octanol–water partition coefficient (Wildman–Crippen LogP) is 2.49. The zero-order valence-electron chi connectivity index (χ0n) is 9.49. The van der Waals surface area contributed by atoms with E-state index in [-0.39, 0.29) is 17.2 Å². The van der Waals surface area contributed by atoms with Gasteiger partial charge in [0.2, 0.25) is 5.88 Å². The highest BCUT2D eigenvalue weighted by molar-refractivity contribution is 5.87. The molecule has 0 saturated carbocycles. The number of alkyl halides is 4. The summed E-state index contributed by atoms with van der Waals surface area (Å²) in [6, 6.07) is 4.44. The van der Waals surface area contributed by atoms with E-state index in [1.54, 1.807) is 6.07 Å². The van der Waals surface area contributed by atoms with E-state index in [0.29, 0.717) is 5.39 Å². The molecule has 0 aliphatic carbocycles. The van der Waals surface area contributed by atoms with Gasteiger partial charge in [-0.3, -0.25) is 0 Å². The van der Waals surface area contributed by atoms with Gasteiger partial charge in [-0.25, -0.2) is 18.7 Å². The maximum absolute atomic E-state index is 12.7. The molecule has 0 atom stereocenters. The summed E-state index contributed by atoms with van der Waals surface area (Å²) in [7, 11) is 0. The van der Waals surface area contributed by atoms with Crippen molar-refractivity contribution in [3.05, 3.63) is 24.4 Å². The minimum atomic E-state index is -4.23. The van der Waals surface area contributed by atoms with Gasteiger partial charge in [-0.2, -0.15) is 8.78 Å². The number of aromatic nitrogens is 2. The van der Waals surface area contributed by atoms with Gasteiger partial charge in [0.25, 0.3) is 0 Å². The molecule has 2 heterocycles. The summed E-state index contributed by atoms with van der Waals surface area (Å²) in [5.41, 5.74) is 5.82. The van der Waals surface area contributed by atoms with Crippen molar-refractivity contribution >= 4 is 16.7 Å². The van der Waals surface area contributed by atoms with Crippen molar-refractivity contribution in [2.75, 3.05) is 12.3 Å². The van der Waals surface area contributed by atoms with E-state index in [1.807, 2.05) is 0 Å². The normalized spacial score (nSPS) is 12.1. The van der Waals surface area contributed by atoms with Gasteiger partial charge in [0.15, 0.2) is 6.61 Å². The Morgan fingerprint density at radius 3 is 2.68 bits per heavy atom. The molecule has 102 valence electrons. The fourth-order valence-corrected chi connectivity index (χ4v) is 1.36. The second-order valence-electron chi connectivity index (χ2n) is 3.77. The van der Waals surface area contributed by atoms with Crippen LogP contribution in [0.4, 0.5) is 23.4 Å². The zero-order valence-corrected chi connectivity index (χ0v) is 9.49. The van der Waals surface area contributed by atoms with Gasteiger partial charge in [0.1, 0.15) is 11.3 Å². The second kappa shape index (κ2) is 4.87. The average molecular weight is 275 g/mol. The van der Waals surface area contributed by atoms with Gasteiger partial charge < -0.3 is 10.5 Å². The van der Waals surface area contributed by atoms with Gasteiger partial charge in [-0.1, -0.05) is 0 Å². The second-order valence-corrected chi connectivity index (χ2v) is 3.77. The molecular weight excluding hydrogens is 266 g/mol. The number of rotatable bonds is 4. The highest BCUT2D eigenvalue weighted by Crippen LogP contribution is 2.25. The smallest absolute Gasteiger partial charge is 0.340 e. The molecule has 0 unspecified atom stereocenters. The number of fused-ring (bicyclic) bond motifs is 1. The minimum absolute atomic E-state index is 0.101. The molecule has 8 heteroatoms. The Kier molecular flexibility index (Phi) is 3.41. The number of halogens is 4. The van der Waals surface area contributed by atoms with Crippen LogP contribution in [0.2, 0.25) is 0 Å². The Bertz CT molecular complexity index is 591. The van der Waals surface area contributed by atoms with Gasteiger partial charge in [0.05, 0.1) is 0 Å². The summed E-state index contributed by atoms with van der Waals surface area (Å²) in [6.45, 7) is -1.46. The van der Waals surface area contributed by atoms with Crippen LogP contribution in [-0.4, -0.2) is 28.9 Å². The Balaban J connectivity index is 2.20. The SMILES string of the molecule is Nc1nccc2ccc(OCC(F)(F)C(F)F)nc12. The minimum Gasteiger partial charge on any atom is -0.471 e. The fourth-order valence-electron chi connectivity index (χ4n) is 1.36. The zero-order chi connectivity index (χ0) is 14.0. The van der Waals surface area contributed by atoms with E-state index in [9.17, 15) is 17.6 Å². The molecule has 0 bridgehead atoms. The first kappa shape index (κ1) is 13.3. The first-order valence-corrected chi connectivity index (χ1v) is 5.20. The van der Waals surface area contributed by atoms with E-state index in [1.165, 1.54) is 18.3 Å². The largest absolute Gasteiger partial charge is 0.471 e. The molecule has 0 spiro atoms. The van der Waals surface area contributed by atoms with E-state index in [4.69, 9.17) is 5.73 Å². The highest BCUT2D eigenvalue weighted by atomic mass is 19.3. The number of hydrogen-bond donors (Lipinski definition) is 1. The van der Waals surface area contributed by atoms with Crippen LogP contribution in [0.25, 0.3) is 10.9 Å². The third-order valence-electron chi connectivity index (χ3n) is 2.34. The van der Waals surface area contributed by atoms with E-state index in [2.05, 4.69) is 14.7 Å². The average Bonchev–Trinajstić information content (AvgIpc) is 2.37. The number of anilines is 1. The molecule has 0 fully saturated rings. The predicted molar refractivity (Wildman–Crippen MR) is 60.4 cm³/mol. The van der Waals surface area contributed by atoms with E-state index < -0.39 is 19.0 Å². The number of nitrogens with zero attached hydrogens (tertiary/aromatic N) is 2. The van der Waals surface area contributed by atoms with Crippen LogP contribution in [0.5, 0.6) is 5.88 Å². The third-order valence-corrected chi connectivity index (χ3v) is 2.34. The molecule has 4 nitrogen and oxygen atoms in total. The van der Waals surface area contributed by atoms with Crippen LogP contribution in [0.1, 0.15) is 0 Å². The Labute approximate surface area is 105 Å². The van der Waals surface area contributed by atoms with Crippen molar-refractivity contribution in [1.82, 2.24) is 9.97 Å². The third kappa shape index (κ3) is 2.83. The van der Waals surface area contributed by atoms with Crippen LogP contribution in [0, 0.1) is 0 Å². The molecule has 2 aromatic rings. The highest BCUT2D eigenvalue weighted by Gasteiger charge is 2.41. The van der Waals surface area contributed by atoms with Crippen molar-refractivity contribution in [2.24, 2.45) is 0 Å². The van der Waals surface area contributed by atoms with Crippen LogP contribution in [0.15, 0.2) is 24.4 Å². The first-order valence-electron chi connectivity index (χ1n) is 5.20. The first-order chi connectivity index (χ1) is 8.90. The maximum atomic E-state index is 12.7. The summed E-state index contributed by atoms with van der Waals surface area (Å²) >= 11 is 0. The van der Waals surface area contributed by atoms with Gasteiger partial charge >= 0.3 is 12.3 Å².